The largest absolute Gasteiger partial charge is 0.307 e. The molecule has 0 heterocycles. The maximum Gasteiger partial charge on any atom is 0.227 e. The van der Waals surface area contributed by atoms with Crippen LogP contribution in [-0.4, -0.2) is 11.9 Å². The maximum absolute atomic E-state index is 14.4. The highest BCUT2D eigenvalue weighted by atomic mass is 19.1. The summed E-state index contributed by atoms with van der Waals surface area (Å²) in [5.41, 5.74) is 1.28. The summed E-state index contributed by atoms with van der Waals surface area (Å²) in [6.07, 6.45) is 4.66. The molecule has 130 valence electrons. The Labute approximate surface area is 141 Å². The number of aryl methyl sites for hydroxylation is 1. The van der Waals surface area contributed by atoms with Crippen LogP contribution >= 0.6 is 0 Å². The molecule has 1 aromatic carbocycles. The normalized spacial score (nSPS) is 13.0. The molecule has 0 saturated carbocycles. The van der Waals surface area contributed by atoms with Gasteiger partial charge in [0.1, 0.15) is 5.82 Å². The highest BCUT2D eigenvalue weighted by molar-refractivity contribution is 5.94. The summed E-state index contributed by atoms with van der Waals surface area (Å²) >= 11 is 0. The van der Waals surface area contributed by atoms with E-state index in [4.69, 9.17) is 0 Å². The summed E-state index contributed by atoms with van der Waals surface area (Å²) < 4.78 is 14.4. The maximum atomic E-state index is 14.4. The second kappa shape index (κ2) is 8.47. The van der Waals surface area contributed by atoms with Gasteiger partial charge in [-0.1, -0.05) is 53.0 Å². The number of rotatable bonds is 7. The standard InChI is InChI=1S/C20H32FNO/c1-7-8-9-10-16(3)22(19(23)14-20(4,5)6)18-13-15(2)11-12-17(18)21/h11-13,16H,7-10,14H2,1-6H3. The van der Waals surface area contributed by atoms with Crippen molar-refractivity contribution >= 4 is 11.6 Å². The van der Waals surface area contributed by atoms with E-state index in [1.165, 1.54) is 6.07 Å². The Bertz CT molecular complexity index is 519. The van der Waals surface area contributed by atoms with Crippen molar-refractivity contribution in [3.8, 4) is 0 Å². The quantitative estimate of drug-likeness (QED) is 0.575. The van der Waals surface area contributed by atoms with Crippen LogP contribution in [0, 0.1) is 18.2 Å². The number of anilines is 1. The first-order valence-corrected chi connectivity index (χ1v) is 8.74. The van der Waals surface area contributed by atoms with Crippen molar-refractivity contribution in [3.63, 3.8) is 0 Å². The van der Waals surface area contributed by atoms with E-state index in [1.807, 2.05) is 34.6 Å². The van der Waals surface area contributed by atoms with Crippen LogP contribution in [0.15, 0.2) is 18.2 Å². The molecule has 23 heavy (non-hydrogen) atoms. The molecule has 2 nitrogen and oxygen atoms in total. The predicted octanol–water partition coefficient (Wildman–Crippen LogP) is 5.87. The number of unbranched alkanes of at least 4 members (excludes halogenated alkanes) is 2. The van der Waals surface area contributed by atoms with E-state index in [-0.39, 0.29) is 23.2 Å². The third-order valence-corrected chi connectivity index (χ3v) is 3.98. The molecular formula is C20H32FNO. The molecule has 0 N–H and O–H groups in total. The van der Waals surface area contributed by atoms with Gasteiger partial charge in [-0.25, -0.2) is 4.39 Å². The van der Waals surface area contributed by atoms with Crippen molar-refractivity contribution in [2.45, 2.75) is 79.7 Å². The fourth-order valence-corrected chi connectivity index (χ4v) is 2.78. The molecule has 3 heteroatoms. The Hall–Kier alpha value is -1.38. The number of hydrogen-bond acceptors (Lipinski definition) is 1. The number of carbonyl (C=O) groups is 1. The van der Waals surface area contributed by atoms with Crippen LogP contribution in [0.4, 0.5) is 10.1 Å². The molecule has 0 aliphatic carbocycles. The molecule has 0 radical (unpaired) electrons. The number of nitrogens with zero attached hydrogens (tertiary/aromatic N) is 1. The fourth-order valence-electron chi connectivity index (χ4n) is 2.78. The summed E-state index contributed by atoms with van der Waals surface area (Å²) in [5.74, 6) is -0.314. The number of halogens is 1. The van der Waals surface area contributed by atoms with E-state index in [9.17, 15) is 9.18 Å². The first kappa shape index (κ1) is 19.7. The van der Waals surface area contributed by atoms with Crippen molar-refractivity contribution in [3.05, 3.63) is 29.6 Å². The van der Waals surface area contributed by atoms with Crippen molar-refractivity contribution in [2.75, 3.05) is 4.90 Å². The molecule has 0 aliphatic rings. The Balaban J connectivity index is 3.09. The van der Waals surface area contributed by atoms with Gasteiger partial charge in [-0.05, 0) is 43.4 Å². The van der Waals surface area contributed by atoms with Crippen molar-refractivity contribution in [1.29, 1.82) is 0 Å². The van der Waals surface area contributed by atoms with Crippen LogP contribution in [0.2, 0.25) is 0 Å². The molecule has 1 aromatic rings. The highest BCUT2D eigenvalue weighted by Crippen LogP contribution is 2.29. The zero-order valence-electron chi connectivity index (χ0n) is 15.6. The van der Waals surface area contributed by atoms with Gasteiger partial charge in [0.2, 0.25) is 5.91 Å². The lowest BCUT2D eigenvalue weighted by atomic mass is 9.91. The van der Waals surface area contributed by atoms with E-state index >= 15 is 0 Å². The Morgan fingerprint density at radius 2 is 1.91 bits per heavy atom. The Kier molecular flexibility index (Phi) is 7.24. The zero-order chi connectivity index (χ0) is 17.6. The number of amides is 1. The minimum absolute atomic E-state index is 0.00555. The van der Waals surface area contributed by atoms with E-state index < -0.39 is 0 Å². The van der Waals surface area contributed by atoms with E-state index in [2.05, 4.69) is 6.92 Å². The monoisotopic (exact) mass is 321 g/mol. The highest BCUT2D eigenvalue weighted by Gasteiger charge is 2.27. The topological polar surface area (TPSA) is 20.3 Å². The SMILES string of the molecule is CCCCCC(C)N(C(=O)CC(C)(C)C)c1cc(C)ccc1F. The third kappa shape index (κ3) is 6.32. The average Bonchev–Trinajstić information content (AvgIpc) is 2.41. The number of carbonyl (C=O) groups excluding carboxylic acids is 1. The smallest absolute Gasteiger partial charge is 0.227 e. The summed E-state index contributed by atoms with van der Waals surface area (Å²) in [7, 11) is 0. The van der Waals surface area contributed by atoms with Gasteiger partial charge >= 0.3 is 0 Å². The average molecular weight is 321 g/mol. The van der Waals surface area contributed by atoms with Crippen LogP contribution < -0.4 is 4.90 Å². The Morgan fingerprint density at radius 1 is 1.26 bits per heavy atom. The van der Waals surface area contributed by atoms with Crippen molar-refractivity contribution in [1.82, 2.24) is 0 Å². The third-order valence-electron chi connectivity index (χ3n) is 3.98. The van der Waals surface area contributed by atoms with Crippen molar-refractivity contribution < 1.29 is 9.18 Å². The first-order valence-electron chi connectivity index (χ1n) is 8.74. The fraction of sp³-hybridized carbons (Fsp3) is 0.650. The lowest BCUT2D eigenvalue weighted by molar-refractivity contribution is -0.120. The zero-order valence-corrected chi connectivity index (χ0v) is 15.6. The molecule has 0 spiro atoms. The minimum Gasteiger partial charge on any atom is -0.307 e. The van der Waals surface area contributed by atoms with Gasteiger partial charge in [-0.15, -0.1) is 0 Å². The first-order chi connectivity index (χ1) is 10.7. The van der Waals surface area contributed by atoms with Gasteiger partial charge in [-0.3, -0.25) is 4.79 Å². The van der Waals surface area contributed by atoms with Crippen LogP contribution in [-0.2, 0) is 4.79 Å². The van der Waals surface area contributed by atoms with Crippen LogP contribution in [0.5, 0.6) is 0 Å². The summed E-state index contributed by atoms with van der Waals surface area (Å²) in [4.78, 5) is 14.5. The molecule has 1 atom stereocenters. The Morgan fingerprint density at radius 3 is 2.48 bits per heavy atom. The lowest BCUT2D eigenvalue weighted by Gasteiger charge is -2.32. The molecular weight excluding hydrogens is 289 g/mol. The molecule has 0 bridgehead atoms. The molecule has 1 rings (SSSR count). The molecule has 0 aliphatic heterocycles. The molecule has 0 saturated heterocycles. The minimum atomic E-state index is -0.319. The van der Waals surface area contributed by atoms with Gasteiger partial charge in [0.25, 0.3) is 0 Å². The summed E-state index contributed by atoms with van der Waals surface area (Å²) in [5, 5.41) is 0. The predicted molar refractivity (Wildman–Crippen MR) is 96.3 cm³/mol. The van der Waals surface area contributed by atoms with Gasteiger partial charge in [-0.2, -0.15) is 0 Å². The van der Waals surface area contributed by atoms with Gasteiger partial charge < -0.3 is 4.90 Å². The van der Waals surface area contributed by atoms with Crippen molar-refractivity contribution in [2.24, 2.45) is 5.41 Å². The van der Waals surface area contributed by atoms with Crippen LogP contribution in [0.1, 0.15) is 72.3 Å². The number of benzene rings is 1. The van der Waals surface area contributed by atoms with Gasteiger partial charge in [0.05, 0.1) is 5.69 Å². The summed E-state index contributed by atoms with van der Waals surface area (Å²) in [6, 6.07) is 4.99. The van der Waals surface area contributed by atoms with E-state index in [0.717, 1.165) is 31.2 Å². The second-order valence-corrected chi connectivity index (χ2v) is 7.80. The second-order valence-electron chi connectivity index (χ2n) is 7.80. The molecule has 1 unspecified atom stereocenters. The number of hydrogen-bond donors (Lipinski definition) is 0. The lowest BCUT2D eigenvalue weighted by Crippen LogP contribution is -2.41. The van der Waals surface area contributed by atoms with Crippen LogP contribution in [0.25, 0.3) is 0 Å². The molecule has 0 fully saturated rings. The van der Waals surface area contributed by atoms with Gasteiger partial charge in [0.15, 0.2) is 0 Å². The molecule has 0 aromatic heterocycles. The summed E-state index contributed by atoms with van der Waals surface area (Å²) in [6.45, 7) is 12.2. The van der Waals surface area contributed by atoms with Crippen LogP contribution in [0.3, 0.4) is 0 Å². The molecule has 1 amide bonds. The van der Waals surface area contributed by atoms with E-state index in [1.54, 1.807) is 17.0 Å². The van der Waals surface area contributed by atoms with Gasteiger partial charge in [0, 0.05) is 12.5 Å². The van der Waals surface area contributed by atoms with E-state index in [0.29, 0.717) is 12.1 Å².